The Bertz CT molecular complexity index is 117. The molecule has 0 heterocycles. The summed E-state index contributed by atoms with van der Waals surface area (Å²) >= 11 is 0. The lowest BCUT2D eigenvalue weighted by Crippen LogP contribution is -2.06. The molecule has 2 unspecified atom stereocenters. The monoisotopic (exact) mass is 124 g/mol. The van der Waals surface area contributed by atoms with Gasteiger partial charge in [0.2, 0.25) is 0 Å². The van der Waals surface area contributed by atoms with Crippen molar-refractivity contribution in [2.24, 2.45) is 23.7 Å². The summed E-state index contributed by atoms with van der Waals surface area (Å²) < 4.78 is 0. The maximum Gasteiger partial charge on any atom is -0.0360 e. The number of hydrogen-bond acceptors (Lipinski definition) is 0. The zero-order chi connectivity index (χ0) is 6.43. The lowest BCUT2D eigenvalue weighted by molar-refractivity contribution is 0.348. The third-order valence-electron chi connectivity index (χ3n) is 3.70. The Labute approximate surface area is 57.6 Å². The zero-order valence-corrected chi connectivity index (χ0v) is 6.43. The predicted molar refractivity (Wildman–Crippen MR) is 39.2 cm³/mol. The van der Waals surface area contributed by atoms with Crippen LogP contribution in [0.1, 0.15) is 33.1 Å². The summed E-state index contributed by atoms with van der Waals surface area (Å²) in [5.41, 5.74) is 0. The fraction of sp³-hybridized carbons (Fsp3) is 1.00. The Balaban J connectivity index is 2.16. The van der Waals surface area contributed by atoms with Gasteiger partial charge in [0.1, 0.15) is 0 Å². The van der Waals surface area contributed by atoms with Crippen LogP contribution in [-0.2, 0) is 0 Å². The molecule has 0 nitrogen and oxygen atoms in total. The molecule has 0 spiro atoms. The number of fused-ring (bicyclic) bond motifs is 2. The van der Waals surface area contributed by atoms with Crippen molar-refractivity contribution < 1.29 is 0 Å². The van der Waals surface area contributed by atoms with Crippen molar-refractivity contribution in [3.63, 3.8) is 0 Å². The number of rotatable bonds is 0. The highest BCUT2D eigenvalue weighted by molar-refractivity contribution is 4.92. The molecular weight excluding hydrogens is 108 g/mol. The summed E-state index contributed by atoms with van der Waals surface area (Å²) in [6, 6.07) is 0. The van der Waals surface area contributed by atoms with E-state index in [1.54, 1.807) is 0 Å². The van der Waals surface area contributed by atoms with Crippen molar-refractivity contribution in [1.29, 1.82) is 0 Å². The van der Waals surface area contributed by atoms with Crippen molar-refractivity contribution in [2.75, 3.05) is 0 Å². The molecule has 0 N–H and O–H groups in total. The Hall–Kier alpha value is 0. The largest absolute Gasteiger partial charge is 0.0622 e. The molecule has 0 radical (unpaired) electrons. The van der Waals surface area contributed by atoms with Gasteiger partial charge < -0.3 is 0 Å². The minimum Gasteiger partial charge on any atom is -0.0622 e. The summed E-state index contributed by atoms with van der Waals surface area (Å²) in [5.74, 6) is 4.35. The van der Waals surface area contributed by atoms with Crippen LogP contribution in [-0.4, -0.2) is 0 Å². The summed E-state index contributed by atoms with van der Waals surface area (Å²) in [7, 11) is 0. The normalized spacial score (nSPS) is 56.7. The first kappa shape index (κ1) is 5.76. The third kappa shape index (κ3) is 0.653. The van der Waals surface area contributed by atoms with Crippen LogP contribution in [0.3, 0.4) is 0 Å². The minimum atomic E-state index is 1.05. The van der Waals surface area contributed by atoms with Gasteiger partial charge in [0.05, 0.1) is 0 Å². The van der Waals surface area contributed by atoms with Crippen LogP contribution in [0.2, 0.25) is 0 Å². The first-order valence-corrected chi connectivity index (χ1v) is 4.29. The van der Waals surface area contributed by atoms with E-state index in [9.17, 15) is 0 Å². The van der Waals surface area contributed by atoms with Gasteiger partial charge in [-0.25, -0.2) is 0 Å². The van der Waals surface area contributed by atoms with E-state index in [-0.39, 0.29) is 0 Å². The van der Waals surface area contributed by atoms with Gasteiger partial charge in [-0.3, -0.25) is 0 Å². The Kier molecular flexibility index (Phi) is 1.12. The average molecular weight is 124 g/mol. The van der Waals surface area contributed by atoms with Gasteiger partial charge in [0, 0.05) is 0 Å². The summed E-state index contributed by atoms with van der Waals surface area (Å²) in [6.45, 7) is 4.88. The third-order valence-corrected chi connectivity index (χ3v) is 3.70. The molecule has 2 bridgehead atoms. The first-order valence-electron chi connectivity index (χ1n) is 4.29. The molecule has 0 aromatic carbocycles. The average Bonchev–Trinajstić information content (AvgIpc) is 2.25. The van der Waals surface area contributed by atoms with E-state index in [0.717, 1.165) is 23.7 Å². The lowest BCUT2D eigenvalue weighted by atomic mass is 9.90. The Morgan fingerprint density at radius 1 is 1.11 bits per heavy atom. The van der Waals surface area contributed by atoms with Crippen LogP contribution >= 0.6 is 0 Å². The first-order chi connectivity index (χ1) is 4.29. The second-order valence-electron chi connectivity index (χ2n) is 4.07. The second-order valence-corrected chi connectivity index (χ2v) is 4.07. The van der Waals surface area contributed by atoms with E-state index >= 15 is 0 Å². The summed E-state index contributed by atoms with van der Waals surface area (Å²) in [4.78, 5) is 0. The quantitative estimate of drug-likeness (QED) is 0.465. The molecule has 0 aromatic heterocycles. The smallest absolute Gasteiger partial charge is 0.0360 e. The highest BCUT2D eigenvalue weighted by atomic mass is 14.5. The fourth-order valence-electron chi connectivity index (χ4n) is 3.07. The molecular formula is C9H16. The minimum absolute atomic E-state index is 1.05. The van der Waals surface area contributed by atoms with Gasteiger partial charge >= 0.3 is 0 Å². The molecule has 0 saturated heterocycles. The molecule has 2 saturated carbocycles. The van der Waals surface area contributed by atoms with E-state index in [0.29, 0.717) is 0 Å². The van der Waals surface area contributed by atoms with Gasteiger partial charge in [-0.2, -0.15) is 0 Å². The van der Waals surface area contributed by atoms with Crippen molar-refractivity contribution in [3.05, 3.63) is 0 Å². The van der Waals surface area contributed by atoms with Crippen LogP contribution in [0, 0.1) is 23.7 Å². The molecule has 4 atom stereocenters. The topological polar surface area (TPSA) is 0 Å². The van der Waals surface area contributed by atoms with Crippen LogP contribution in [0.25, 0.3) is 0 Å². The van der Waals surface area contributed by atoms with Crippen molar-refractivity contribution in [1.82, 2.24) is 0 Å². The lowest BCUT2D eigenvalue weighted by Gasteiger charge is -2.15. The molecule has 2 fully saturated rings. The molecule has 52 valence electrons. The second kappa shape index (κ2) is 1.74. The molecule has 9 heavy (non-hydrogen) atoms. The Morgan fingerprint density at radius 3 is 2.11 bits per heavy atom. The molecule has 2 aliphatic rings. The van der Waals surface area contributed by atoms with Crippen LogP contribution in [0.5, 0.6) is 0 Å². The van der Waals surface area contributed by atoms with Gasteiger partial charge in [-0.05, 0) is 42.9 Å². The van der Waals surface area contributed by atoms with Crippen molar-refractivity contribution in [3.8, 4) is 0 Å². The van der Waals surface area contributed by atoms with Gasteiger partial charge in [0.25, 0.3) is 0 Å². The van der Waals surface area contributed by atoms with E-state index in [1.807, 2.05) is 0 Å². The van der Waals surface area contributed by atoms with Gasteiger partial charge in [-0.15, -0.1) is 0 Å². The molecule has 2 aliphatic carbocycles. The Morgan fingerprint density at radius 2 is 1.89 bits per heavy atom. The molecule has 0 heteroatoms. The molecule has 2 rings (SSSR count). The standard InChI is InChI=1S/C9H16/c1-6-5-8-3-4-9(6)7(8)2/h6-9H,3-5H2,1-2H3/t6?,7?,8-,9+/m1/s1. The fourth-order valence-corrected chi connectivity index (χ4v) is 3.07. The maximum absolute atomic E-state index is 2.45. The van der Waals surface area contributed by atoms with Crippen molar-refractivity contribution >= 4 is 0 Å². The summed E-state index contributed by atoms with van der Waals surface area (Å²) in [6.07, 6.45) is 4.61. The number of hydrogen-bond donors (Lipinski definition) is 0. The van der Waals surface area contributed by atoms with E-state index in [1.165, 1.54) is 19.3 Å². The predicted octanol–water partition coefficient (Wildman–Crippen LogP) is 2.69. The van der Waals surface area contributed by atoms with E-state index < -0.39 is 0 Å². The maximum atomic E-state index is 2.45. The highest BCUT2D eigenvalue weighted by Crippen LogP contribution is 2.51. The van der Waals surface area contributed by atoms with E-state index in [2.05, 4.69) is 13.8 Å². The molecule has 0 aliphatic heterocycles. The summed E-state index contributed by atoms with van der Waals surface area (Å²) in [5, 5.41) is 0. The van der Waals surface area contributed by atoms with Crippen LogP contribution in [0.4, 0.5) is 0 Å². The van der Waals surface area contributed by atoms with Gasteiger partial charge in [0.15, 0.2) is 0 Å². The van der Waals surface area contributed by atoms with Crippen LogP contribution in [0.15, 0.2) is 0 Å². The zero-order valence-electron chi connectivity index (χ0n) is 6.43. The van der Waals surface area contributed by atoms with Gasteiger partial charge in [-0.1, -0.05) is 13.8 Å². The van der Waals surface area contributed by atoms with Crippen LogP contribution < -0.4 is 0 Å². The molecule has 0 aromatic rings. The van der Waals surface area contributed by atoms with E-state index in [4.69, 9.17) is 0 Å². The highest BCUT2D eigenvalue weighted by Gasteiger charge is 2.42. The molecule has 0 amide bonds. The SMILES string of the molecule is CC1C[C@H]2CC[C@@H]1C2C. The van der Waals surface area contributed by atoms with Crippen molar-refractivity contribution in [2.45, 2.75) is 33.1 Å².